The molecule has 0 atom stereocenters. The lowest BCUT2D eigenvalue weighted by molar-refractivity contribution is -0.178. The van der Waals surface area contributed by atoms with Gasteiger partial charge in [0, 0.05) is 11.8 Å². The molecular formula is C17H14N2O3. The summed E-state index contributed by atoms with van der Waals surface area (Å²) in [5.41, 5.74) is 3.17. The smallest absolute Gasteiger partial charge is 0.289 e. The number of nitrogens with zero attached hydrogens (tertiary/aromatic N) is 1. The highest BCUT2D eigenvalue weighted by atomic mass is 16.7. The number of amides is 1. The van der Waals surface area contributed by atoms with Gasteiger partial charge in [-0.25, -0.2) is 0 Å². The predicted octanol–water partition coefficient (Wildman–Crippen LogP) is 2.59. The molecule has 1 fully saturated rings. The van der Waals surface area contributed by atoms with E-state index >= 15 is 0 Å². The minimum atomic E-state index is -1.30. The van der Waals surface area contributed by atoms with Crippen molar-refractivity contribution < 1.29 is 14.3 Å². The van der Waals surface area contributed by atoms with Crippen molar-refractivity contribution in [2.24, 2.45) is 4.99 Å². The number of nitrogens with one attached hydrogen (secondary N) is 1. The summed E-state index contributed by atoms with van der Waals surface area (Å²) in [5, 5.41) is 2.79. The van der Waals surface area contributed by atoms with E-state index < -0.39 is 5.79 Å². The van der Waals surface area contributed by atoms with E-state index in [1.807, 2.05) is 48.5 Å². The molecule has 0 saturated carbocycles. The van der Waals surface area contributed by atoms with Crippen molar-refractivity contribution in [2.45, 2.75) is 5.79 Å². The molecule has 1 spiro atoms. The molecule has 2 heterocycles. The van der Waals surface area contributed by atoms with Gasteiger partial charge in [0.2, 0.25) is 0 Å². The Morgan fingerprint density at radius 1 is 1.09 bits per heavy atom. The van der Waals surface area contributed by atoms with Crippen LogP contribution in [0.1, 0.15) is 11.1 Å². The summed E-state index contributed by atoms with van der Waals surface area (Å²) in [6.07, 6.45) is 1.79. The number of aliphatic imine (C=N–C) groups is 1. The standard InChI is InChI=1S/C17H14N2O3/c20-16-17(21-8-9-22-17)14-10-13(6-7-15(14)19-16)18-11-12-4-2-1-3-5-12/h1-7,10-11H,8-9H2,(H,19,20). The largest absolute Gasteiger partial charge is 0.336 e. The monoisotopic (exact) mass is 294 g/mol. The summed E-state index contributed by atoms with van der Waals surface area (Å²) in [6, 6.07) is 15.3. The van der Waals surface area contributed by atoms with Crippen molar-refractivity contribution in [3.63, 3.8) is 0 Å². The molecule has 0 aliphatic carbocycles. The lowest BCUT2D eigenvalue weighted by Crippen LogP contribution is -2.35. The highest BCUT2D eigenvalue weighted by molar-refractivity contribution is 6.04. The van der Waals surface area contributed by atoms with E-state index in [4.69, 9.17) is 9.47 Å². The topological polar surface area (TPSA) is 59.9 Å². The van der Waals surface area contributed by atoms with Crippen molar-refractivity contribution in [1.29, 1.82) is 0 Å². The van der Waals surface area contributed by atoms with Crippen LogP contribution in [0.3, 0.4) is 0 Å². The number of benzene rings is 2. The third kappa shape index (κ3) is 2.03. The van der Waals surface area contributed by atoms with Gasteiger partial charge in [-0.2, -0.15) is 0 Å². The quantitative estimate of drug-likeness (QED) is 0.866. The molecule has 22 heavy (non-hydrogen) atoms. The zero-order valence-corrected chi connectivity index (χ0v) is 11.8. The van der Waals surface area contributed by atoms with Gasteiger partial charge in [-0.3, -0.25) is 9.79 Å². The molecule has 5 heteroatoms. The van der Waals surface area contributed by atoms with Crippen LogP contribution in [-0.4, -0.2) is 25.3 Å². The minimum Gasteiger partial charge on any atom is -0.336 e. The number of hydrogen-bond donors (Lipinski definition) is 1. The van der Waals surface area contributed by atoms with Gasteiger partial charge >= 0.3 is 0 Å². The number of anilines is 1. The summed E-state index contributed by atoms with van der Waals surface area (Å²) < 4.78 is 11.1. The van der Waals surface area contributed by atoms with E-state index in [-0.39, 0.29) is 5.91 Å². The van der Waals surface area contributed by atoms with Crippen LogP contribution in [0, 0.1) is 0 Å². The third-order valence-electron chi connectivity index (χ3n) is 3.76. The number of fused-ring (bicyclic) bond motifs is 2. The van der Waals surface area contributed by atoms with Crippen LogP contribution in [0.15, 0.2) is 53.5 Å². The molecule has 110 valence electrons. The maximum atomic E-state index is 12.1. The first-order valence-electron chi connectivity index (χ1n) is 7.11. The van der Waals surface area contributed by atoms with Crippen LogP contribution >= 0.6 is 0 Å². The van der Waals surface area contributed by atoms with Crippen molar-refractivity contribution in [3.05, 3.63) is 59.7 Å². The Morgan fingerprint density at radius 2 is 1.86 bits per heavy atom. The Morgan fingerprint density at radius 3 is 2.64 bits per heavy atom. The summed E-state index contributed by atoms with van der Waals surface area (Å²) >= 11 is 0. The first kappa shape index (κ1) is 13.2. The third-order valence-corrected chi connectivity index (χ3v) is 3.76. The van der Waals surface area contributed by atoms with Crippen LogP contribution in [0.4, 0.5) is 11.4 Å². The van der Waals surface area contributed by atoms with E-state index in [2.05, 4.69) is 10.3 Å². The molecule has 5 nitrogen and oxygen atoms in total. The van der Waals surface area contributed by atoms with Crippen LogP contribution in [0.5, 0.6) is 0 Å². The fourth-order valence-corrected chi connectivity index (χ4v) is 2.71. The van der Waals surface area contributed by atoms with Gasteiger partial charge < -0.3 is 14.8 Å². The fraction of sp³-hybridized carbons (Fsp3) is 0.176. The van der Waals surface area contributed by atoms with Crippen molar-refractivity contribution in [3.8, 4) is 0 Å². The average molecular weight is 294 g/mol. The molecule has 0 unspecified atom stereocenters. The van der Waals surface area contributed by atoms with E-state index in [0.29, 0.717) is 24.5 Å². The number of rotatable bonds is 2. The zero-order chi connectivity index (χ0) is 15.0. The minimum absolute atomic E-state index is 0.274. The van der Waals surface area contributed by atoms with E-state index in [0.717, 1.165) is 11.3 Å². The second-order valence-electron chi connectivity index (χ2n) is 5.17. The van der Waals surface area contributed by atoms with Crippen molar-refractivity contribution >= 4 is 23.5 Å². The van der Waals surface area contributed by atoms with Crippen LogP contribution < -0.4 is 5.32 Å². The highest BCUT2D eigenvalue weighted by Gasteiger charge is 2.52. The molecule has 2 aromatic rings. The highest BCUT2D eigenvalue weighted by Crippen LogP contribution is 2.43. The lowest BCUT2D eigenvalue weighted by atomic mass is 10.1. The Bertz CT molecular complexity index is 750. The Kier molecular flexibility index (Phi) is 3.03. The fourth-order valence-electron chi connectivity index (χ4n) is 2.71. The second kappa shape index (κ2) is 5.05. The number of ether oxygens (including phenoxy) is 2. The zero-order valence-electron chi connectivity index (χ0n) is 11.8. The van der Waals surface area contributed by atoms with Gasteiger partial charge in [0.15, 0.2) is 0 Å². The second-order valence-corrected chi connectivity index (χ2v) is 5.17. The normalized spacial score (nSPS) is 18.8. The van der Waals surface area contributed by atoms with E-state index in [1.54, 1.807) is 6.21 Å². The first-order valence-corrected chi connectivity index (χ1v) is 7.11. The summed E-state index contributed by atoms with van der Waals surface area (Å²) in [6.45, 7) is 0.814. The van der Waals surface area contributed by atoms with Crippen LogP contribution in [-0.2, 0) is 20.1 Å². The predicted molar refractivity (Wildman–Crippen MR) is 82.3 cm³/mol. The van der Waals surface area contributed by atoms with Gasteiger partial charge in [0.25, 0.3) is 11.7 Å². The molecule has 0 radical (unpaired) electrons. The SMILES string of the molecule is O=C1Nc2ccc(N=Cc3ccccc3)cc2C12OCCO2. The maximum Gasteiger partial charge on any atom is 0.289 e. The maximum absolute atomic E-state index is 12.1. The molecule has 2 aliphatic heterocycles. The molecular weight excluding hydrogens is 280 g/mol. The molecule has 1 saturated heterocycles. The van der Waals surface area contributed by atoms with E-state index in [9.17, 15) is 4.79 Å². The molecule has 1 amide bonds. The summed E-state index contributed by atoms with van der Waals surface area (Å²) in [5.74, 6) is -1.57. The molecule has 2 aromatic carbocycles. The first-order chi connectivity index (χ1) is 10.8. The summed E-state index contributed by atoms with van der Waals surface area (Å²) in [7, 11) is 0. The molecule has 4 rings (SSSR count). The van der Waals surface area contributed by atoms with Gasteiger partial charge in [-0.05, 0) is 23.8 Å². The lowest BCUT2D eigenvalue weighted by Gasteiger charge is -2.19. The molecule has 0 bridgehead atoms. The van der Waals surface area contributed by atoms with Crippen molar-refractivity contribution in [2.75, 3.05) is 18.5 Å². The van der Waals surface area contributed by atoms with Gasteiger partial charge in [0.05, 0.1) is 24.6 Å². The van der Waals surface area contributed by atoms with Crippen molar-refractivity contribution in [1.82, 2.24) is 0 Å². The number of hydrogen-bond acceptors (Lipinski definition) is 4. The number of carbonyl (C=O) groups excluding carboxylic acids is 1. The molecule has 1 N–H and O–H groups in total. The average Bonchev–Trinajstić information content (AvgIpc) is 3.14. The molecule has 2 aliphatic rings. The van der Waals surface area contributed by atoms with Gasteiger partial charge in [0.1, 0.15) is 0 Å². The van der Waals surface area contributed by atoms with Crippen LogP contribution in [0.2, 0.25) is 0 Å². The van der Waals surface area contributed by atoms with Gasteiger partial charge in [-0.1, -0.05) is 30.3 Å². The number of carbonyl (C=O) groups is 1. The Hall–Kier alpha value is -2.50. The Balaban J connectivity index is 1.69. The van der Waals surface area contributed by atoms with Gasteiger partial charge in [-0.15, -0.1) is 0 Å². The molecule has 0 aromatic heterocycles. The van der Waals surface area contributed by atoms with E-state index in [1.165, 1.54) is 0 Å². The van der Waals surface area contributed by atoms with Crippen LogP contribution in [0.25, 0.3) is 0 Å². The Labute approximate surface area is 127 Å². The summed E-state index contributed by atoms with van der Waals surface area (Å²) in [4.78, 5) is 16.6.